The van der Waals surface area contributed by atoms with Crippen LogP contribution in [-0.4, -0.2) is 55.0 Å². The van der Waals surface area contributed by atoms with E-state index in [9.17, 15) is 4.39 Å². The van der Waals surface area contributed by atoms with E-state index in [0.717, 1.165) is 51.6 Å². The first kappa shape index (κ1) is 20.2. The summed E-state index contributed by atoms with van der Waals surface area (Å²) >= 11 is 0. The average Bonchev–Trinajstić information content (AvgIpc) is 3.12. The van der Waals surface area contributed by atoms with Gasteiger partial charge in [0.15, 0.2) is 5.96 Å². The molecular weight excluding hydrogens is 329 g/mol. The van der Waals surface area contributed by atoms with Gasteiger partial charge in [0.2, 0.25) is 0 Å². The summed E-state index contributed by atoms with van der Waals surface area (Å²) in [5.41, 5.74) is 0.846. The zero-order valence-corrected chi connectivity index (χ0v) is 16.1. The van der Waals surface area contributed by atoms with Crippen molar-refractivity contribution in [3.8, 4) is 6.07 Å². The summed E-state index contributed by atoms with van der Waals surface area (Å²) in [5.74, 6) is 1.12. The van der Waals surface area contributed by atoms with Crippen molar-refractivity contribution in [1.82, 2.24) is 15.1 Å². The molecule has 0 spiro atoms. The first-order chi connectivity index (χ1) is 12.6. The fourth-order valence-electron chi connectivity index (χ4n) is 3.35. The van der Waals surface area contributed by atoms with Crippen LogP contribution < -0.4 is 5.32 Å². The fraction of sp³-hybridized carbons (Fsp3) is 0.600. The maximum absolute atomic E-state index is 14.1. The van der Waals surface area contributed by atoms with E-state index < -0.39 is 0 Å². The van der Waals surface area contributed by atoms with Gasteiger partial charge in [-0.1, -0.05) is 19.9 Å². The molecule has 0 bridgehead atoms. The molecule has 0 saturated carbocycles. The van der Waals surface area contributed by atoms with Crippen LogP contribution in [0.1, 0.15) is 38.3 Å². The fourth-order valence-corrected chi connectivity index (χ4v) is 3.35. The van der Waals surface area contributed by atoms with E-state index in [1.165, 1.54) is 6.07 Å². The van der Waals surface area contributed by atoms with Gasteiger partial charge in [-0.15, -0.1) is 0 Å². The lowest BCUT2D eigenvalue weighted by Crippen LogP contribution is -2.40. The molecular formula is C20H30FN5. The smallest absolute Gasteiger partial charge is 0.194 e. The predicted molar refractivity (Wildman–Crippen MR) is 103 cm³/mol. The molecule has 142 valence electrons. The van der Waals surface area contributed by atoms with Crippen molar-refractivity contribution >= 4 is 5.96 Å². The van der Waals surface area contributed by atoms with E-state index in [4.69, 9.17) is 5.26 Å². The molecule has 1 unspecified atom stereocenters. The Bertz CT molecular complexity index is 648. The number of guanidine groups is 1. The molecule has 0 aromatic heterocycles. The molecule has 0 amide bonds. The Balaban J connectivity index is 2.02. The van der Waals surface area contributed by atoms with Crippen LogP contribution in [0.4, 0.5) is 4.39 Å². The molecule has 1 saturated heterocycles. The molecule has 1 fully saturated rings. The number of rotatable bonds is 7. The highest BCUT2D eigenvalue weighted by molar-refractivity contribution is 5.80. The number of likely N-dealkylation sites (tertiary alicyclic amines) is 1. The number of halogens is 1. The third kappa shape index (κ3) is 5.43. The van der Waals surface area contributed by atoms with E-state index in [1.807, 2.05) is 13.0 Å². The third-order valence-corrected chi connectivity index (χ3v) is 4.91. The third-order valence-electron chi connectivity index (χ3n) is 4.91. The Morgan fingerprint density at radius 2 is 2.15 bits per heavy atom. The van der Waals surface area contributed by atoms with Gasteiger partial charge in [-0.05, 0) is 44.5 Å². The number of nitrogens with zero attached hydrogens (tertiary/aromatic N) is 4. The second-order valence-corrected chi connectivity index (χ2v) is 6.67. The minimum absolute atomic E-state index is 0.275. The molecule has 1 aliphatic rings. The Morgan fingerprint density at radius 1 is 1.38 bits per heavy atom. The molecule has 1 aromatic carbocycles. The van der Waals surface area contributed by atoms with Gasteiger partial charge in [0.25, 0.3) is 0 Å². The van der Waals surface area contributed by atoms with Crippen molar-refractivity contribution in [1.29, 1.82) is 5.26 Å². The molecule has 2 rings (SSSR count). The minimum atomic E-state index is -0.371. The highest BCUT2D eigenvalue weighted by Crippen LogP contribution is 2.18. The van der Waals surface area contributed by atoms with Gasteiger partial charge in [-0.3, -0.25) is 0 Å². The molecule has 6 heteroatoms. The summed E-state index contributed by atoms with van der Waals surface area (Å²) in [6.45, 7) is 12.8. The topological polar surface area (TPSA) is 54.7 Å². The van der Waals surface area contributed by atoms with Gasteiger partial charge in [0.1, 0.15) is 5.82 Å². The number of nitriles is 1. The van der Waals surface area contributed by atoms with Crippen LogP contribution in [0.2, 0.25) is 0 Å². The predicted octanol–water partition coefficient (Wildman–Crippen LogP) is 2.83. The van der Waals surface area contributed by atoms with Crippen LogP contribution in [0.15, 0.2) is 23.2 Å². The van der Waals surface area contributed by atoms with Gasteiger partial charge in [0.05, 0.1) is 18.2 Å². The van der Waals surface area contributed by atoms with Crippen molar-refractivity contribution in [2.45, 2.75) is 33.7 Å². The molecule has 1 atom stereocenters. The maximum atomic E-state index is 14.1. The van der Waals surface area contributed by atoms with Crippen molar-refractivity contribution in [2.75, 3.05) is 39.3 Å². The summed E-state index contributed by atoms with van der Waals surface area (Å²) < 4.78 is 14.1. The Morgan fingerprint density at radius 3 is 2.77 bits per heavy atom. The highest BCUT2D eigenvalue weighted by atomic mass is 19.1. The first-order valence-electron chi connectivity index (χ1n) is 9.55. The maximum Gasteiger partial charge on any atom is 0.194 e. The van der Waals surface area contributed by atoms with Crippen LogP contribution in [0.3, 0.4) is 0 Å². The second-order valence-electron chi connectivity index (χ2n) is 6.67. The van der Waals surface area contributed by atoms with Crippen molar-refractivity contribution in [2.24, 2.45) is 10.9 Å². The lowest BCUT2D eigenvalue weighted by Gasteiger charge is -2.24. The van der Waals surface area contributed by atoms with E-state index in [1.54, 1.807) is 12.1 Å². The van der Waals surface area contributed by atoms with Crippen molar-refractivity contribution in [3.63, 3.8) is 0 Å². The normalized spacial score (nSPS) is 17.6. The lowest BCUT2D eigenvalue weighted by atomic mass is 10.1. The molecule has 0 aliphatic carbocycles. The van der Waals surface area contributed by atoms with Crippen LogP contribution >= 0.6 is 0 Å². The van der Waals surface area contributed by atoms with E-state index in [-0.39, 0.29) is 12.4 Å². The minimum Gasteiger partial charge on any atom is -0.357 e. The van der Waals surface area contributed by atoms with E-state index >= 15 is 0 Å². The number of benzene rings is 1. The molecule has 26 heavy (non-hydrogen) atoms. The van der Waals surface area contributed by atoms with Crippen LogP contribution in [0.5, 0.6) is 0 Å². The van der Waals surface area contributed by atoms with Gasteiger partial charge >= 0.3 is 0 Å². The van der Waals surface area contributed by atoms with Crippen LogP contribution in [-0.2, 0) is 6.54 Å². The molecule has 1 aromatic rings. The monoisotopic (exact) mass is 359 g/mol. The molecule has 5 nitrogen and oxygen atoms in total. The molecule has 1 N–H and O–H groups in total. The van der Waals surface area contributed by atoms with Crippen LogP contribution in [0.25, 0.3) is 0 Å². The molecule has 0 radical (unpaired) electrons. The van der Waals surface area contributed by atoms with E-state index in [0.29, 0.717) is 17.0 Å². The standard InChI is InChI=1S/C20H30FN5/c1-4-23-20(24-13-18-8-7-16(12-22)11-19(18)21)26-10-9-17(15-26)14-25(5-2)6-3/h7-8,11,17H,4-6,9-10,13-15H2,1-3H3,(H,23,24). The second kappa shape index (κ2) is 10.1. The Hall–Kier alpha value is -2.13. The van der Waals surface area contributed by atoms with Gasteiger partial charge in [-0.25, -0.2) is 9.38 Å². The van der Waals surface area contributed by atoms with Crippen LogP contribution in [0, 0.1) is 23.1 Å². The Kier molecular flexibility index (Phi) is 7.86. The number of nitrogens with one attached hydrogen (secondary N) is 1. The number of aliphatic imine (C=N–C) groups is 1. The highest BCUT2D eigenvalue weighted by Gasteiger charge is 2.25. The Labute approximate surface area is 156 Å². The zero-order valence-electron chi connectivity index (χ0n) is 16.1. The summed E-state index contributed by atoms with van der Waals surface area (Å²) in [6.07, 6.45) is 1.16. The lowest BCUT2D eigenvalue weighted by molar-refractivity contribution is 0.255. The number of hydrogen-bond donors (Lipinski definition) is 1. The van der Waals surface area contributed by atoms with E-state index in [2.05, 4.69) is 34.0 Å². The van der Waals surface area contributed by atoms with Crippen molar-refractivity contribution in [3.05, 3.63) is 35.1 Å². The van der Waals surface area contributed by atoms with Crippen molar-refractivity contribution < 1.29 is 4.39 Å². The summed E-state index contributed by atoms with van der Waals surface area (Å²) in [5, 5.41) is 12.2. The summed E-state index contributed by atoms with van der Waals surface area (Å²) in [4.78, 5) is 9.37. The summed E-state index contributed by atoms with van der Waals surface area (Å²) in [7, 11) is 0. The zero-order chi connectivity index (χ0) is 18.9. The van der Waals surface area contributed by atoms with Gasteiger partial charge < -0.3 is 15.1 Å². The van der Waals surface area contributed by atoms with Gasteiger partial charge in [0, 0.05) is 31.7 Å². The SMILES string of the molecule is CCNC(=NCc1ccc(C#N)cc1F)N1CCC(CN(CC)CC)C1. The summed E-state index contributed by atoms with van der Waals surface area (Å²) in [6, 6.07) is 6.51. The average molecular weight is 359 g/mol. The largest absolute Gasteiger partial charge is 0.357 e. The molecule has 1 heterocycles. The van der Waals surface area contributed by atoms with Gasteiger partial charge in [-0.2, -0.15) is 5.26 Å². The number of hydrogen-bond acceptors (Lipinski definition) is 3. The molecule has 1 aliphatic heterocycles. The quantitative estimate of drug-likeness (QED) is 0.601. The first-order valence-corrected chi connectivity index (χ1v) is 9.55.